The van der Waals surface area contributed by atoms with Crippen molar-refractivity contribution in [1.82, 2.24) is 4.57 Å². The number of benzene rings is 3. The number of ether oxygens (including phenoxy) is 3. The van der Waals surface area contributed by atoms with Crippen LogP contribution in [0.2, 0.25) is 0 Å². The average Bonchev–Trinajstić information content (AvgIpc) is 3.29. The lowest BCUT2D eigenvalue weighted by molar-refractivity contribution is -0.143. The Morgan fingerprint density at radius 1 is 1.05 bits per heavy atom. The normalized spacial score (nSPS) is 14.9. The van der Waals surface area contributed by atoms with Gasteiger partial charge in [-0.15, -0.1) is 11.8 Å². The minimum Gasteiger partial charge on any atom is -0.493 e. The van der Waals surface area contributed by atoms with E-state index < -0.39 is 12.0 Å². The Morgan fingerprint density at radius 2 is 1.77 bits per heavy atom. The number of rotatable bonds is 9. The minimum absolute atomic E-state index is 0.233. The molecule has 9 heteroatoms. The van der Waals surface area contributed by atoms with Gasteiger partial charge in [-0.1, -0.05) is 59.4 Å². The van der Waals surface area contributed by atoms with Crippen LogP contribution in [0.4, 0.5) is 0 Å². The molecule has 5 rings (SSSR count). The number of carbonyl (C=O) groups excluding carboxylic acids is 1. The Morgan fingerprint density at radius 3 is 2.42 bits per heavy atom. The Bertz CT molecular complexity index is 1850. The molecule has 1 aliphatic rings. The van der Waals surface area contributed by atoms with Gasteiger partial charge in [-0.05, 0) is 81.0 Å². The molecule has 4 aromatic rings. The van der Waals surface area contributed by atoms with Crippen LogP contribution in [0.15, 0.2) is 92.7 Å². The number of thioether (sulfide) groups is 1. The van der Waals surface area contributed by atoms with Gasteiger partial charge in [0.05, 0.1) is 35.1 Å². The summed E-state index contributed by atoms with van der Waals surface area (Å²) in [4.78, 5) is 33.6. The molecule has 1 aliphatic heterocycles. The van der Waals surface area contributed by atoms with Crippen LogP contribution >= 0.6 is 23.1 Å². The first-order valence-electron chi connectivity index (χ1n) is 13.9. The van der Waals surface area contributed by atoms with Gasteiger partial charge in [-0.2, -0.15) is 0 Å². The fourth-order valence-electron chi connectivity index (χ4n) is 4.85. The topological polar surface area (TPSA) is 79.1 Å². The second-order valence-electron chi connectivity index (χ2n) is 10.5. The number of methoxy groups -OCH3 is 1. The molecule has 2 heterocycles. The molecule has 1 aromatic heterocycles. The molecular formula is C34H34N2O5S2. The Kier molecular flexibility index (Phi) is 9.22. The Labute approximate surface area is 259 Å². The van der Waals surface area contributed by atoms with E-state index in [2.05, 4.69) is 17.1 Å². The maximum atomic E-state index is 14.0. The predicted octanol–water partition coefficient (Wildman–Crippen LogP) is 5.80. The van der Waals surface area contributed by atoms with Gasteiger partial charge in [0.25, 0.3) is 5.56 Å². The minimum atomic E-state index is -0.660. The van der Waals surface area contributed by atoms with Crippen LogP contribution in [0.5, 0.6) is 11.5 Å². The lowest BCUT2D eigenvalue weighted by Gasteiger charge is -2.25. The summed E-state index contributed by atoms with van der Waals surface area (Å²) in [5, 5.41) is 0. The van der Waals surface area contributed by atoms with E-state index in [-0.39, 0.29) is 11.7 Å². The summed E-state index contributed by atoms with van der Waals surface area (Å²) in [6.45, 7) is 7.86. The molecule has 222 valence electrons. The zero-order valence-corrected chi connectivity index (χ0v) is 26.7. The predicted molar refractivity (Wildman–Crippen MR) is 172 cm³/mol. The molecule has 0 radical (unpaired) electrons. The third-order valence-electron chi connectivity index (χ3n) is 7.02. The summed E-state index contributed by atoms with van der Waals surface area (Å²) in [5.74, 6) is 0.699. The largest absolute Gasteiger partial charge is 0.493 e. The van der Waals surface area contributed by atoms with Crippen molar-refractivity contribution in [1.29, 1.82) is 0 Å². The van der Waals surface area contributed by atoms with Gasteiger partial charge in [0.1, 0.15) is 6.61 Å². The fraction of sp³-hybridized carbons (Fsp3) is 0.265. The lowest BCUT2D eigenvalue weighted by atomic mass is 9.96. The molecule has 43 heavy (non-hydrogen) atoms. The maximum absolute atomic E-state index is 14.0. The number of esters is 1. The van der Waals surface area contributed by atoms with E-state index in [1.165, 1.54) is 16.9 Å². The quantitative estimate of drug-likeness (QED) is 0.175. The summed E-state index contributed by atoms with van der Waals surface area (Å²) in [6, 6.07) is 21.0. The number of carbonyl (C=O) groups is 1. The number of aromatic nitrogens is 1. The standard InChI is InChI=1S/C34H34N2O5S2/c1-20(2)41-33(38)30-22(4)35-34-36(31(30)25-12-14-26(42-6)15-13-25)32(37)29(43-34)18-24-11-16-27(28(17-24)39-5)40-19-23-9-7-21(3)8-10-23/h7-18,20,31H,19H2,1-6H3/b29-18-/t31-/m1/s1. The molecule has 0 saturated heterocycles. The van der Waals surface area contributed by atoms with Crippen LogP contribution < -0.4 is 24.4 Å². The van der Waals surface area contributed by atoms with E-state index in [0.29, 0.717) is 38.7 Å². The van der Waals surface area contributed by atoms with Gasteiger partial charge in [0, 0.05) is 4.90 Å². The third-order valence-corrected chi connectivity index (χ3v) is 8.74. The summed E-state index contributed by atoms with van der Waals surface area (Å²) >= 11 is 2.91. The fourth-order valence-corrected chi connectivity index (χ4v) is 6.31. The average molecular weight is 615 g/mol. The Balaban J connectivity index is 1.54. The summed E-state index contributed by atoms with van der Waals surface area (Å²) in [7, 11) is 1.59. The molecule has 0 N–H and O–H groups in total. The molecule has 0 aliphatic carbocycles. The first kappa shape index (κ1) is 30.4. The highest BCUT2D eigenvalue weighted by atomic mass is 32.2. The smallest absolute Gasteiger partial charge is 0.338 e. The number of nitrogens with zero attached hydrogens (tertiary/aromatic N) is 2. The van der Waals surface area contributed by atoms with E-state index in [1.807, 2.05) is 73.9 Å². The summed E-state index contributed by atoms with van der Waals surface area (Å²) < 4.78 is 19.3. The van der Waals surface area contributed by atoms with E-state index >= 15 is 0 Å². The molecule has 0 amide bonds. The third kappa shape index (κ3) is 6.63. The van der Waals surface area contributed by atoms with Crippen LogP contribution in [0, 0.1) is 6.92 Å². The molecule has 3 aromatic carbocycles. The van der Waals surface area contributed by atoms with Gasteiger partial charge in [0.2, 0.25) is 0 Å². The van der Waals surface area contributed by atoms with Crippen LogP contribution in [0.25, 0.3) is 6.08 Å². The first-order valence-corrected chi connectivity index (χ1v) is 16.0. The highest BCUT2D eigenvalue weighted by Gasteiger charge is 2.33. The number of hydrogen-bond acceptors (Lipinski definition) is 8. The van der Waals surface area contributed by atoms with E-state index in [1.54, 1.807) is 44.2 Å². The molecular weight excluding hydrogens is 581 g/mol. The second-order valence-corrected chi connectivity index (χ2v) is 12.4. The van der Waals surface area contributed by atoms with Gasteiger partial charge in [-0.25, -0.2) is 9.79 Å². The van der Waals surface area contributed by atoms with Crippen molar-refractivity contribution in [2.75, 3.05) is 13.4 Å². The molecule has 0 unspecified atom stereocenters. The molecule has 7 nitrogen and oxygen atoms in total. The van der Waals surface area contributed by atoms with Crippen molar-refractivity contribution in [3.8, 4) is 11.5 Å². The molecule has 0 spiro atoms. The van der Waals surface area contributed by atoms with Crippen LogP contribution in [0.3, 0.4) is 0 Å². The van der Waals surface area contributed by atoms with Crippen molar-refractivity contribution >= 4 is 35.1 Å². The zero-order chi connectivity index (χ0) is 30.7. The van der Waals surface area contributed by atoms with Crippen LogP contribution in [0.1, 0.15) is 49.1 Å². The first-order chi connectivity index (χ1) is 20.7. The zero-order valence-electron chi connectivity index (χ0n) is 25.0. The monoisotopic (exact) mass is 614 g/mol. The van der Waals surface area contributed by atoms with Gasteiger partial charge >= 0.3 is 5.97 Å². The van der Waals surface area contributed by atoms with Crippen molar-refractivity contribution in [3.05, 3.63) is 120 Å². The highest BCUT2D eigenvalue weighted by molar-refractivity contribution is 7.98. The number of hydrogen-bond donors (Lipinski definition) is 0. The van der Waals surface area contributed by atoms with E-state index in [0.717, 1.165) is 21.6 Å². The molecule has 0 saturated carbocycles. The van der Waals surface area contributed by atoms with Gasteiger partial charge in [0.15, 0.2) is 16.3 Å². The van der Waals surface area contributed by atoms with Gasteiger partial charge in [-0.3, -0.25) is 9.36 Å². The molecule has 0 fully saturated rings. The van der Waals surface area contributed by atoms with Crippen LogP contribution in [-0.4, -0.2) is 30.0 Å². The van der Waals surface area contributed by atoms with E-state index in [4.69, 9.17) is 14.2 Å². The number of thiazole rings is 1. The lowest BCUT2D eigenvalue weighted by Crippen LogP contribution is -2.40. The van der Waals surface area contributed by atoms with Crippen LogP contribution in [-0.2, 0) is 16.1 Å². The van der Waals surface area contributed by atoms with Crippen molar-refractivity contribution in [2.45, 2.75) is 51.3 Å². The SMILES string of the molecule is COc1cc(/C=c2\sc3n(c2=O)[C@H](c2ccc(SC)cc2)C(C(=O)OC(C)C)=C(C)N=3)ccc1OCc1ccc(C)cc1. The van der Waals surface area contributed by atoms with Crippen molar-refractivity contribution < 1.29 is 19.0 Å². The number of aryl methyl sites for hydroxylation is 1. The number of fused-ring (bicyclic) bond motifs is 1. The van der Waals surface area contributed by atoms with Crippen molar-refractivity contribution in [3.63, 3.8) is 0 Å². The highest BCUT2D eigenvalue weighted by Crippen LogP contribution is 2.32. The summed E-state index contributed by atoms with van der Waals surface area (Å²) in [6.07, 6.45) is 3.51. The van der Waals surface area contributed by atoms with Gasteiger partial charge < -0.3 is 14.2 Å². The number of allylic oxidation sites excluding steroid dienone is 1. The molecule has 1 atom stereocenters. The van der Waals surface area contributed by atoms with E-state index in [9.17, 15) is 9.59 Å². The Hall–Kier alpha value is -4.08. The molecule has 0 bridgehead atoms. The summed E-state index contributed by atoms with van der Waals surface area (Å²) in [5.41, 5.74) is 4.51. The van der Waals surface area contributed by atoms with Crippen molar-refractivity contribution in [2.24, 2.45) is 4.99 Å². The second kappa shape index (κ2) is 13.1. The maximum Gasteiger partial charge on any atom is 0.338 e.